The highest BCUT2D eigenvalue weighted by Crippen LogP contribution is 2.15. The maximum absolute atomic E-state index is 9.87. The van der Waals surface area contributed by atoms with Gasteiger partial charge in [0.1, 0.15) is 0 Å². The third kappa shape index (κ3) is 3.96. The molecule has 134 valence electrons. The van der Waals surface area contributed by atoms with Crippen LogP contribution in [0.5, 0.6) is 0 Å². The fraction of sp³-hybridized carbons (Fsp3) is 0.217. The van der Waals surface area contributed by atoms with Crippen molar-refractivity contribution in [1.82, 2.24) is 0 Å². The van der Waals surface area contributed by atoms with Crippen molar-refractivity contribution < 1.29 is 9.53 Å². The molecule has 0 saturated carbocycles. The number of hydrogen-bond acceptors (Lipinski definition) is 2. The van der Waals surface area contributed by atoms with Gasteiger partial charge in [0.2, 0.25) is 0 Å². The molecule has 2 atom stereocenters. The Labute approximate surface area is 157 Å². The van der Waals surface area contributed by atoms with Gasteiger partial charge < -0.3 is 9.53 Å². The molecule has 0 spiro atoms. The van der Waals surface area contributed by atoms with E-state index in [2.05, 4.69) is 79.7 Å². The molecule has 1 N–H and O–H groups in total. The molecule has 0 aliphatic rings. The van der Waals surface area contributed by atoms with Crippen LogP contribution >= 0.6 is 0 Å². The van der Waals surface area contributed by atoms with Crippen LogP contribution in [0.1, 0.15) is 20.3 Å². The SMILES string of the molecule is CC(O)CC(C)O[Si](c1ccccc1)(c1ccccc1)c1ccccc1. The van der Waals surface area contributed by atoms with E-state index in [9.17, 15) is 5.11 Å². The quantitative estimate of drug-likeness (QED) is 0.517. The van der Waals surface area contributed by atoms with Crippen molar-refractivity contribution in [1.29, 1.82) is 0 Å². The molecule has 0 heterocycles. The number of benzene rings is 3. The van der Waals surface area contributed by atoms with E-state index in [1.165, 1.54) is 15.6 Å². The van der Waals surface area contributed by atoms with E-state index in [1.54, 1.807) is 0 Å². The first-order valence-corrected chi connectivity index (χ1v) is 11.1. The normalized spacial score (nSPS) is 14.0. The Hall–Kier alpha value is -2.20. The summed E-state index contributed by atoms with van der Waals surface area (Å²) < 4.78 is 6.89. The topological polar surface area (TPSA) is 29.5 Å². The van der Waals surface area contributed by atoms with Gasteiger partial charge in [-0.05, 0) is 35.8 Å². The van der Waals surface area contributed by atoms with Crippen LogP contribution in [0.15, 0.2) is 91.0 Å². The Kier molecular flexibility index (Phi) is 6.04. The van der Waals surface area contributed by atoms with E-state index in [4.69, 9.17) is 4.43 Å². The van der Waals surface area contributed by atoms with Crippen LogP contribution in [0.25, 0.3) is 0 Å². The summed E-state index contributed by atoms with van der Waals surface area (Å²) in [5.74, 6) is 0. The summed E-state index contributed by atoms with van der Waals surface area (Å²) >= 11 is 0. The van der Waals surface area contributed by atoms with E-state index in [0.717, 1.165) is 0 Å². The van der Waals surface area contributed by atoms with Crippen LogP contribution in [0, 0.1) is 0 Å². The van der Waals surface area contributed by atoms with Crippen molar-refractivity contribution in [2.45, 2.75) is 32.5 Å². The fourth-order valence-electron chi connectivity index (χ4n) is 3.55. The van der Waals surface area contributed by atoms with Gasteiger partial charge in [0, 0.05) is 6.10 Å². The molecule has 3 rings (SSSR count). The first-order chi connectivity index (χ1) is 12.6. The Balaban J connectivity index is 2.21. The maximum atomic E-state index is 9.87. The van der Waals surface area contributed by atoms with Crippen LogP contribution < -0.4 is 15.6 Å². The third-order valence-corrected chi connectivity index (χ3v) is 8.79. The zero-order valence-corrected chi connectivity index (χ0v) is 16.4. The average Bonchev–Trinajstić information content (AvgIpc) is 2.67. The van der Waals surface area contributed by atoms with Crippen molar-refractivity contribution in [3.05, 3.63) is 91.0 Å². The van der Waals surface area contributed by atoms with Crippen molar-refractivity contribution in [3.8, 4) is 0 Å². The van der Waals surface area contributed by atoms with Crippen molar-refractivity contribution in [2.75, 3.05) is 0 Å². The summed E-state index contributed by atoms with van der Waals surface area (Å²) in [7, 11) is -2.66. The zero-order chi connectivity index (χ0) is 18.4. The van der Waals surface area contributed by atoms with Gasteiger partial charge in [-0.2, -0.15) is 0 Å². The molecule has 0 saturated heterocycles. The lowest BCUT2D eigenvalue weighted by Gasteiger charge is -2.36. The van der Waals surface area contributed by atoms with Gasteiger partial charge in [0.15, 0.2) is 0 Å². The first kappa shape index (κ1) is 18.6. The molecule has 2 nitrogen and oxygen atoms in total. The molecule has 0 fully saturated rings. The number of aliphatic hydroxyl groups excluding tert-OH is 1. The molecule has 3 heteroatoms. The lowest BCUT2D eigenvalue weighted by atomic mass is 10.2. The minimum atomic E-state index is -2.66. The third-order valence-electron chi connectivity index (χ3n) is 4.59. The second-order valence-corrected chi connectivity index (χ2v) is 10.1. The molecule has 0 aliphatic carbocycles. The average molecular weight is 363 g/mol. The van der Waals surface area contributed by atoms with E-state index in [0.29, 0.717) is 6.42 Å². The predicted molar refractivity (Wildman–Crippen MR) is 111 cm³/mol. The largest absolute Gasteiger partial charge is 0.401 e. The fourth-order valence-corrected chi connectivity index (χ4v) is 7.65. The van der Waals surface area contributed by atoms with Crippen molar-refractivity contribution >= 4 is 23.9 Å². The lowest BCUT2D eigenvalue weighted by molar-refractivity contribution is 0.115. The van der Waals surface area contributed by atoms with Gasteiger partial charge in [-0.1, -0.05) is 91.0 Å². The molecular formula is C23H26O2Si. The summed E-state index contributed by atoms with van der Waals surface area (Å²) in [5.41, 5.74) is 0. The molecule has 0 aliphatic heterocycles. The Morgan fingerprint density at radius 2 is 1.04 bits per heavy atom. The molecule has 0 bridgehead atoms. The van der Waals surface area contributed by atoms with Gasteiger partial charge in [-0.25, -0.2) is 0 Å². The molecule has 2 unspecified atom stereocenters. The molecule has 3 aromatic rings. The molecule has 3 aromatic carbocycles. The summed E-state index contributed by atoms with van der Waals surface area (Å²) in [6.45, 7) is 3.87. The molecule has 0 aromatic heterocycles. The van der Waals surface area contributed by atoms with Crippen LogP contribution in [-0.4, -0.2) is 25.6 Å². The van der Waals surface area contributed by atoms with Gasteiger partial charge in [-0.3, -0.25) is 0 Å². The number of rotatable bonds is 7. The van der Waals surface area contributed by atoms with Gasteiger partial charge in [0.05, 0.1) is 6.10 Å². The van der Waals surface area contributed by atoms with E-state index in [-0.39, 0.29) is 12.2 Å². The predicted octanol–water partition coefficient (Wildman–Crippen LogP) is 2.83. The Morgan fingerprint density at radius 3 is 1.35 bits per heavy atom. The molecular weight excluding hydrogens is 336 g/mol. The lowest BCUT2D eigenvalue weighted by Crippen LogP contribution is -2.70. The molecule has 26 heavy (non-hydrogen) atoms. The Morgan fingerprint density at radius 1 is 0.692 bits per heavy atom. The zero-order valence-electron chi connectivity index (χ0n) is 15.4. The minimum Gasteiger partial charge on any atom is -0.401 e. The van der Waals surface area contributed by atoms with Crippen LogP contribution in [0.4, 0.5) is 0 Å². The van der Waals surface area contributed by atoms with Crippen LogP contribution in [0.3, 0.4) is 0 Å². The Bertz CT molecular complexity index is 692. The standard InChI is InChI=1S/C23H26O2Si/c1-19(24)18-20(2)25-26(21-12-6-3-7-13-21,22-14-8-4-9-15-22)23-16-10-5-11-17-23/h3-17,19-20,24H,18H2,1-2H3. The summed E-state index contributed by atoms with van der Waals surface area (Å²) in [5, 5.41) is 13.5. The van der Waals surface area contributed by atoms with E-state index in [1.807, 2.05) is 25.1 Å². The second-order valence-electron chi connectivity index (χ2n) is 6.79. The van der Waals surface area contributed by atoms with E-state index >= 15 is 0 Å². The first-order valence-electron chi connectivity index (χ1n) is 9.15. The second kappa shape index (κ2) is 8.45. The molecule has 0 amide bonds. The van der Waals surface area contributed by atoms with Crippen molar-refractivity contribution in [3.63, 3.8) is 0 Å². The van der Waals surface area contributed by atoms with Crippen molar-refractivity contribution in [2.24, 2.45) is 0 Å². The summed E-state index contributed by atoms with van der Waals surface area (Å²) in [4.78, 5) is 0. The monoisotopic (exact) mass is 362 g/mol. The number of aliphatic hydroxyl groups is 1. The van der Waals surface area contributed by atoms with Crippen LogP contribution in [-0.2, 0) is 4.43 Å². The van der Waals surface area contributed by atoms with Gasteiger partial charge >= 0.3 is 0 Å². The highest BCUT2D eigenvalue weighted by Gasteiger charge is 2.43. The minimum absolute atomic E-state index is 0.0534. The highest BCUT2D eigenvalue weighted by atomic mass is 28.4. The van der Waals surface area contributed by atoms with E-state index < -0.39 is 8.32 Å². The molecule has 0 radical (unpaired) electrons. The highest BCUT2D eigenvalue weighted by molar-refractivity contribution is 7.07. The summed E-state index contributed by atoms with van der Waals surface area (Å²) in [6.07, 6.45) is 0.169. The van der Waals surface area contributed by atoms with Crippen LogP contribution in [0.2, 0.25) is 0 Å². The van der Waals surface area contributed by atoms with Gasteiger partial charge in [0.25, 0.3) is 8.32 Å². The number of hydrogen-bond donors (Lipinski definition) is 1. The summed E-state index contributed by atoms with van der Waals surface area (Å²) in [6, 6.07) is 31.6. The van der Waals surface area contributed by atoms with Gasteiger partial charge in [-0.15, -0.1) is 0 Å². The smallest absolute Gasteiger partial charge is 0.288 e. The maximum Gasteiger partial charge on any atom is 0.288 e.